The molecule has 0 aliphatic carbocycles. The molecule has 0 heterocycles. The van der Waals surface area contributed by atoms with Gasteiger partial charge in [-0.15, -0.1) is 11.8 Å². The Bertz CT molecular complexity index is 619. The summed E-state index contributed by atoms with van der Waals surface area (Å²) < 4.78 is 14.1. The van der Waals surface area contributed by atoms with Crippen LogP contribution in [-0.4, -0.2) is 11.7 Å². The van der Waals surface area contributed by atoms with Gasteiger partial charge in [0.25, 0.3) is 0 Å². The highest BCUT2D eigenvalue weighted by Gasteiger charge is 2.07. The van der Waals surface area contributed by atoms with Gasteiger partial charge in [0.05, 0.1) is 17.1 Å². The number of amides is 1. The van der Waals surface area contributed by atoms with Crippen LogP contribution in [0, 0.1) is 5.82 Å². The first-order valence-electron chi connectivity index (χ1n) is 5.78. The van der Waals surface area contributed by atoms with Gasteiger partial charge in [-0.1, -0.05) is 15.9 Å². The van der Waals surface area contributed by atoms with Gasteiger partial charge in [-0.05, 0) is 42.5 Å². The Kier molecular flexibility index (Phi) is 5.03. The number of nitrogen functional groups attached to an aromatic ring is 1. The standard InChI is InChI=1S/C14H12BrFN2OS/c15-9-1-4-11(5-2-9)20-8-14(19)18-13-7-10(16)3-6-12(13)17/h1-7H,8,17H2,(H,18,19). The number of nitrogens with one attached hydrogen (secondary N) is 1. The van der Waals surface area contributed by atoms with Crippen molar-refractivity contribution in [2.45, 2.75) is 4.90 Å². The minimum atomic E-state index is -0.435. The predicted molar refractivity (Wildman–Crippen MR) is 84.3 cm³/mol. The summed E-state index contributed by atoms with van der Waals surface area (Å²) in [6.07, 6.45) is 0. The number of anilines is 2. The first-order valence-corrected chi connectivity index (χ1v) is 7.56. The number of benzene rings is 2. The van der Waals surface area contributed by atoms with Gasteiger partial charge in [-0.25, -0.2) is 4.39 Å². The summed E-state index contributed by atoms with van der Waals surface area (Å²) in [4.78, 5) is 12.8. The third kappa shape index (κ3) is 4.25. The molecule has 0 spiro atoms. The second kappa shape index (κ2) is 6.76. The lowest BCUT2D eigenvalue weighted by atomic mass is 10.2. The fourth-order valence-corrected chi connectivity index (χ4v) is 2.47. The lowest BCUT2D eigenvalue weighted by Gasteiger charge is -2.08. The lowest BCUT2D eigenvalue weighted by molar-refractivity contribution is -0.113. The fourth-order valence-electron chi connectivity index (χ4n) is 1.50. The predicted octanol–water partition coefficient (Wildman–Crippen LogP) is 3.90. The molecule has 20 heavy (non-hydrogen) atoms. The molecule has 104 valence electrons. The van der Waals surface area contributed by atoms with Gasteiger partial charge in [0, 0.05) is 9.37 Å². The first-order chi connectivity index (χ1) is 9.54. The van der Waals surface area contributed by atoms with Crippen LogP contribution in [0.1, 0.15) is 0 Å². The van der Waals surface area contributed by atoms with Crippen LogP contribution in [0.2, 0.25) is 0 Å². The van der Waals surface area contributed by atoms with Crippen LogP contribution >= 0.6 is 27.7 Å². The van der Waals surface area contributed by atoms with Gasteiger partial charge in [0.2, 0.25) is 5.91 Å². The molecule has 0 aromatic heterocycles. The third-order valence-electron chi connectivity index (χ3n) is 2.47. The van der Waals surface area contributed by atoms with Crippen molar-refractivity contribution < 1.29 is 9.18 Å². The average Bonchev–Trinajstić information content (AvgIpc) is 2.42. The molecule has 6 heteroatoms. The molecule has 0 saturated carbocycles. The smallest absolute Gasteiger partial charge is 0.234 e. The van der Waals surface area contributed by atoms with E-state index < -0.39 is 5.82 Å². The van der Waals surface area contributed by atoms with Crippen molar-refractivity contribution in [1.82, 2.24) is 0 Å². The number of halogens is 2. The van der Waals surface area contributed by atoms with Crippen LogP contribution in [0.4, 0.5) is 15.8 Å². The van der Waals surface area contributed by atoms with Crippen LogP contribution in [0.3, 0.4) is 0 Å². The molecule has 0 aliphatic heterocycles. The van der Waals surface area contributed by atoms with Crippen LogP contribution < -0.4 is 11.1 Å². The Morgan fingerprint density at radius 1 is 1.25 bits per heavy atom. The van der Waals surface area contributed by atoms with E-state index >= 15 is 0 Å². The van der Waals surface area contributed by atoms with Gasteiger partial charge >= 0.3 is 0 Å². The number of carbonyl (C=O) groups is 1. The fraction of sp³-hybridized carbons (Fsp3) is 0.0714. The average molecular weight is 355 g/mol. The maximum atomic E-state index is 13.1. The van der Waals surface area contributed by atoms with E-state index in [1.165, 1.54) is 30.0 Å². The zero-order valence-corrected chi connectivity index (χ0v) is 12.8. The van der Waals surface area contributed by atoms with Crippen molar-refractivity contribution in [3.63, 3.8) is 0 Å². The summed E-state index contributed by atoms with van der Waals surface area (Å²) in [5.41, 5.74) is 6.31. The van der Waals surface area contributed by atoms with Gasteiger partial charge < -0.3 is 11.1 Å². The van der Waals surface area contributed by atoms with Crippen molar-refractivity contribution in [2.24, 2.45) is 0 Å². The number of hydrogen-bond acceptors (Lipinski definition) is 3. The minimum absolute atomic E-state index is 0.227. The number of rotatable bonds is 4. The highest BCUT2D eigenvalue weighted by atomic mass is 79.9. The van der Waals surface area contributed by atoms with Gasteiger partial charge in [-0.3, -0.25) is 4.79 Å². The van der Waals surface area contributed by atoms with Crippen molar-refractivity contribution in [2.75, 3.05) is 16.8 Å². The maximum absolute atomic E-state index is 13.1. The topological polar surface area (TPSA) is 55.1 Å². The molecular weight excluding hydrogens is 343 g/mol. The van der Waals surface area contributed by atoms with Crippen molar-refractivity contribution >= 4 is 45.0 Å². The maximum Gasteiger partial charge on any atom is 0.234 e. The molecular formula is C14H12BrFN2OS. The summed E-state index contributed by atoms with van der Waals surface area (Å²) in [7, 11) is 0. The zero-order chi connectivity index (χ0) is 14.5. The Morgan fingerprint density at radius 2 is 1.95 bits per heavy atom. The first kappa shape index (κ1) is 14.9. The second-order valence-corrected chi connectivity index (χ2v) is 5.99. The molecule has 0 saturated heterocycles. The molecule has 3 N–H and O–H groups in total. The summed E-state index contributed by atoms with van der Waals surface area (Å²) in [6.45, 7) is 0. The van der Waals surface area contributed by atoms with Crippen LogP contribution in [0.15, 0.2) is 51.8 Å². The molecule has 0 bridgehead atoms. The molecule has 0 atom stereocenters. The zero-order valence-electron chi connectivity index (χ0n) is 10.4. The Balaban J connectivity index is 1.92. The molecule has 3 nitrogen and oxygen atoms in total. The van der Waals surface area contributed by atoms with E-state index in [0.29, 0.717) is 11.4 Å². The number of thioether (sulfide) groups is 1. The van der Waals surface area contributed by atoms with Crippen LogP contribution in [0.5, 0.6) is 0 Å². The quantitative estimate of drug-likeness (QED) is 0.646. The summed E-state index contributed by atoms with van der Waals surface area (Å²) in [5.74, 6) is -0.428. The van der Waals surface area contributed by atoms with E-state index in [0.717, 1.165) is 9.37 Å². The van der Waals surface area contributed by atoms with E-state index in [4.69, 9.17) is 5.73 Å². The van der Waals surface area contributed by atoms with E-state index in [9.17, 15) is 9.18 Å². The van der Waals surface area contributed by atoms with E-state index in [1.54, 1.807) is 0 Å². The van der Waals surface area contributed by atoms with Gasteiger partial charge in [0.1, 0.15) is 5.82 Å². The van der Waals surface area contributed by atoms with Crippen molar-refractivity contribution in [3.05, 3.63) is 52.8 Å². The van der Waals surface area contributed by atoms with Gasteiger partial charge in [0.15, 0.2) is 0 Å². The van der Waals surface area contributed by atoms with Crippen LogP contribution in [0.25, 0.3) is 0 Å². The highest BCUT2D eigenvalue weighted by Crippen LogP contribution is 2.22. The second-order valence-electron chi connectivity index (χ2n) is 4.02. The van der Waals surface area contributed by atoms with E-state index in [1.807, 2.05) is 24.3 Å². The number of nitrogens with two attached hydrogens (primary N) is 1. The highest BCUT2D eigenvalue weighted by molar-refractivity contribution is 9.10. The summed E-state index contributed by atoms with van der Waals surface area (Å²) in [5, 5.41) is 2.60. The minimum Gasteiger partial charge on any atom is -0.397 e. The van der Waals surface area contributed by atoms with Crippen LogP contribution in [-0.2, 0) is 4.79 Å². The molecule has 0 aliphatic rings. The van der Waals surface area contributed by atoms with Crippen molar-refractivity contribution in [3.8, 4) is 0 Å². The normalized spacial score (nSPS) is 10.3. The number of hydrogen-bond donors (Lipinski definition) is 2. The monoisotopic (exact) mass is 354 g/mol. The molecule has 2 rings (SSSR count). The Hall–Kier alpha value is -1.53. The molecule has 1 amide bonds. The molecule has 2 aromatic rings. The molecule has 0 fully saturated rings. The summed E-state index contributed by atoms with van der Waals surface area (Å²) in [6, 6.07) is 11.5. The van der Waals surface area contributed by atoms with Gasteiger partial charge in [-0.2, -0.15) is 0 Å². The third-order valence-corrected chi connectivity index (χ3v) is 4.01. The Morgan fingerprint density at radius 3 is 2.65 bits per heavy atom. The SMILES string of the molecule is Nc1ccc(F)cc1NC(=O)CSc1ccc(Br)cc1. The number of carbonyl (C=O) groups excluding carboxylic acids is 1. The van der Waals surface area contributed by atoms with E-state index in [-0.39, 0.29) is 11.7 Å². The Labute approximate surface area is 128 Å². The molecule has 2 aromatic carbocycles. The largest absolute Gasteiger partial charge is 0.397 e. The molecule has 0 radical (unpaired) electrons. The summed E-state index contributed by atoms with van der Waals surface area (Å²) >= 11 is 4.75. The van der Waals surface area contributed by atoms with Crippen molar-refractivity contribution in [1.29, 1.82) is 0 Å². The lowest BCUT2D eigenvalue weighted by Crippen LogP contribution is -2.15. The molecule has 0 unspecified atom stereocenters. The van der Waals surface area contributed by atoms with E-state index in [2.05, 4.69) is 21.2 Å².